The average molecular weight is 408 g/mol. The fraction of sp³-hybridized carbons (Fsp3) is 0.136. The van der Waals surface area contributed by atoms with Crippen molar-refractivity contribution in [3.05, 3.63) is 83.7 Å². The van der Waals surface area contributed by atoms with Crippen LogP contribution in [0.4, 0.5) is 8.78 Å². The van der Waals surface area contributed by atoms with Gasteiger partial charge in [-0.25, -0.2) is 18.3 Å². The van der Waals surface area contributed by atoms with E-state index in [0.29, 0.717) is 17.8 Å². The van der Waals surface area contributed by atoms with E-state index in [4.69, 9.17) is 4.74 Å². The van der Waals surface area contributed by atoms with Crippen molar-refractivity contribution >= 4 is 11.6 Å². The van der Waals surface area contributed by atoms with Gasteiger partial charge >= 0.3 is 0 Å². The Kier molecular flexibility index (Phi) is 5.38. The molecule has 0 radical (unpaired) electrons. The lowest BCUT2D eigenvalue weighted by molar-refractivity contribution is 0.0952. The Bertz CT molecular complexity index is 1190. The van der Waals surface area contributed by atoms with E-state index in [0.717, 1.165) is 23.1 Å². The molecule has 8 heteroatoms. The summed E-state index contributed by atoms with van der Waals surface area (Å²) in [6.07, 6.45) is 3.02. The van der Waals surface area contributed by atoms with E-state index < -0.39 is 17.5 Å². The molecule has 0 aliphatic carbocycles. The van der Waals surface area contributed by atoms with Gasteiger partial charge in [0.15, 0.2) is 5.65 Å². The van der Waals surface area contributed by atoms with Gasteiger partial charge in [0.25, 0.3) is 5.91 Å². The Morgan fingerprint density at radius 3 is 2.53 bits per heavy atom. The molecule has 2 aromatic carbocycles. The molecule has 0 atom stereocenters. The maximum absolute atomic E-state index is 13.3. The minimum atomic E-state index is -0.697. The van der Waals surface area contributed by atoms with Gasteiger partial charge in [-0.1, -0.05) is 0 Å². The van der Waals surface area contributed by atoms with Crippen molar-refractivity contribution in [2.75, 3.05) is 6.61 Å². The topological polar surface area (TPSA) is 68.5 Å². The Morgan fingerprint density at radius 1 is 1.10 bits per heavy atom. The number of nitrogens with zero attached hydrogens (tertiary/aromatic N) is 3. The van der Waals surface area contributed by atoms with Gasteiger partial charge in [-0.3, -0.25) is 4.79 Å². The quantitative estimate of drug-likeness (QED) is 0.524. The van der Waals surface area contributed by atoms with Gasteiger partial charge in [0.1, 0.15) is 22.9 Å². The van der Waals surface area contributed by atoms with Crippen LogP contribution < -0.4 is 10.1 Å². The van der Waals surface area contributed by atoms with Crippen LogP contribution in [-0.4, -0.2) is 27.1 Å². The number of hydrogen-bond donors (Lipinski definition) is 1. The third kappa shape index (κ3) is 3.98. The standard InChI is InChI=1S/C22H18F2N4O2/c1-2-30-18-5-3-15(4-6-18)20-7-8-25-21-19(13-27-28(20)21)22(29)26-12-14-9-16(23)11-17(24)10-14/h3-11,13H,2,12H2,1H3,(H,26,29). The summed E-state index contributed by atoms with van der Waals surface area (Å²) < 4.78 is 33.7. The second-order valence-corrected chi connectivity index (χ2v) is 6.54. The summed E-state index contributed by atoms with van der Waals surface area (Å²) >= 11 is 0. The van der Waals surface area contributed by atoms with Crippen molar-refractivity contribution in [1.82, 2.24) is 19.9 Å². The first-order valence-electron chi connectivity index (χ1n) is 9.34. The number of carbonyl (C=O) groups is 1. The maximum atomic E-state index is 13.3. The van der Waals surface area contributed by atoms with E-state index in [9.17, 15) is 13.6 Å². The molecular formula is C22H18F2N4O2. The summed E-state index contributed by atoms with van der Waals surface area (Å²) in [5.74, 6) is -1.07. The summed E-state index contributed by atoms with van der Waals surface area (Å²) in [7, 11) is 0. The third-order valence-corrected chi connectivity index (χ3v) is 4.48. The molecule has 1 amide bonds. The molecule has 4 rings (SSSR count). The van der Waals surface area contributed by atoms with Crippen LogP contribution in [0.1, 0.15) is 22.8 Å². The van der Waals surface area contributed by atoms with E-state index in [1.54, 1.807) is 16.8 Å². The number of hydrogen-bond acceptors (Lipinski definition) is 4. The number of fused-ring (bicyclic) bond motifs is 1. The number of nitrogens with one attached hydrogen (secondary N) is 1. The van der Waals surface area contributed by atoms with Crippen LogP contribution in [0.15, 0.2) is 60.9 Å². The molecule has 0 spiro atoms. The van der Waals surface area contributed by atoms with Crippen molar-refractivity contribution < 1.29 is 18.3 Å². The number of rotatable bonds is 6. The molecule has 4 aromatic rings. The minimum Gasteiger partial charge on any atom is -0.494 e. The smallest absolute Gasteiger partial charge is 0.257 e. The molecule has 30 heavy (non-hydrogen) atoms. The largest absolute Gasteiger partial charge is 0.494 e. The molecule has 0 saturated heterocycles. The second kappa shape index (κ2) is 8.28. The molecular weight excluding hydrogens is 390 g/mol. The van der Waals surface area contributed by atoms with Gasteiger partial charge in [-0.15, -0.1) is 0 Å². The molecule has 2 aromatic heterocycles. The molecule has 0 saturated carbocycles. The lowest BCUT2D eigenvalue weighted by atomic mass is 10.1. The van der Waals surface area contributed by atoms with Crippen LogP contribution in [0.2, 0.25) is 0 Å². The van der Waals surface area contributed by atoms with Gasteiger partial charge in [0.05, 0.1) is 18.5 Å². The highest BCUT2D eigenvalue weighted by molar-refractivity contribution is 5.99. The van der Waals surface area contributed by atoms with Crippen molar-refractivity contribution in [3.63, 3.8) is 0 Å². The predicted molar refractivity (Wildman–Crippen MR) is 107 cm³/mol. The molecule has 6 nitrogen and oxygen atoms in total. The van der Waals surface area contributed by atoms with E-state index in [1.165, 1.54) is 18.3 Å². The maximum Gasteiger partial charge on any atom is 0.257 e. The van der Waals surface area contributed by atoms with Crippen LogP contribution in [-0.2, 0) is 6.54 Å². The number of benzene rings is 2. The Hall–Kier alpha value is -3.81. The molecule has 152 valence electrons. The Balaban J connectivity index is 1.58. The van der Waals surface area contributed by atoms with Gasteiger partial charge in [0.2, 0.25) is 0 Å². The minimum absolute atomic E-state index is 0.0244. The summed E-state index contributed by atoms with van der Waals surface area (Å²) in [6, 6.07) is 12.4. The monoisotopic (exact) mass is 408 g/mol. The SMILES string of the molecule is CCOc1ccc(-c2ccnc3c(C(=O)NCc4cc(F)cc(F)c4)cnn23)cc1. The van der Waals surface area contributed by atoms with Crippen LogP contribution >= 0.6 is 0 Å². The van der Waals surface area contributed by atoms with E-state index in [2.05, 4.69) is 15.4 Å². The number of aromatic nitrogens is 3. The average Bonchev–Trinajstić information content (AvgIpc) is 3.17. The van der Waals surface area contributed by atoms with Crippen LogP contribution in [0, 0.1) is 11.6 Å². The lowest BCUT2D eigenvalue weighted by Crippen LogP contribution is -2.23. The predicted octanol–water partition coefficient (Wildman–Crippen LogP) is 4.00. The fourth-order valence-corrected chi connectivity index (χ4v) is 3.15. The zero-order chi connectivity index (χ0) is 21.1. The highest BCUT2D eigenvalue weighted by atomic mass is 19.1. The molecule has 0 unspecified atom stereocenters. The number of halogens is 2. The summed E-state index contributed by atoms with van der Waals surface area (Å²) in [5, 5.41) is 6.95. The number of amides is 1. The third-order valence-electron chi connectivity index (χ3n) is 4.48. The van der Waals surface area contributed by atoms with Crippen molar-refractivity contribution in [1.29, 1.82) is 0 Å². The van der Waals surface area contributed by atoms with Gasteiger partial charge in [0, 0.05) is 24.4 Å². The summed E-state index contributed by atoms with van der Waals surface area (Å²) in [4.78, 5) is 16.9. The molecule has 1 N–H and O–H groups in total. The van der Waals surface area contributed by atoms with Crippen molar-refractivity contribution in [2.45, 2.75) is 13.5 Å². The van der Waals surface area contributed by atoms with Crippen molar-refractivity contribution in [3.8, 4) is 17.0 Å². The first-order chi connectivity index (χ1) is 14.5. The van der Waals surface area contributed by atoms with E-state index in [-0.39, 0.29) is 12.1 Å². The van der Waals surface area contributed by atoms with Crippen LogP contribution in [0.25, 0.3) is 16.9 Å². The number of ether oxygens (including phenoxy) is 1. The van der Waals surface area contributed by atoms with Crippen LogP contribution in [0.5, 0.6) is 5.75 Å². The van der Waals surface area contributed by atoms with E-state index in [1.807, 2.05) is 31.2 Å². The zero-order valence-corrected chi connectivity index (χ0v) is 16.1. The zero-order valence-electron chi connectivity index (χ0n) is 16.1. The van der Waals surface area contributed by atoms with Gasteiger partial charge < -0.3 is 10.1 Å². The fourth-order valence-electron chi connectivity index (χ4n) is 3.15. The van der Waals surface area contributed by atoms with Gasteiger partial charge in [-0.05, 0) is 55.0 Å². The van der Waals surface area contributed by atoms with Crippen LogP contribution in [0.3, 0.4) is 0 Å². The highest BCUT2D eigenvalue weighted by Gasteiger charge is 2.16. The molecule has 0 aliphatic heterocycles. The molecule has 0 aliphatic rings. The Labute approximate surface area is 171 Å². The molecule has 2 heterocycles. The first-order valence-corrected chi connectivity index (χ1v) is 9.34. The molecule has 0 bridgehead atoms. The molecule has 0 fully saturated rings. The van der Waals surface area contributed by atoms with Crippen molar-refractivity contribution in [2.24, 2.45) is 0 Å². The summed E-state index contributed by atoms with van der Waals surface area (Å²) in [5.41, 5.74) is 2.61. The van der Waals surface area contributed by atoms with Gasteiger partial charge in [-0.2, -0.15) is 5.10 Å². The first kappa shape index (κ1) is 19.5. The highest BCUT2D eigenvalue weighted by Crippen LogP contribution is 2.23. The Morgan fingerprint density at radius 2 is 1.83 bits per heavy atom. The second-order valence-electron chi connectivity index (χ2n) is 6.54. The normalized spacial score (nSPS) is 10.9. The lowest BCUT2D eigenvalue weighted by Gasteiger charge is -2.08. The van der Waals surface area contributed by atoms with E-state index >= 15 is 0 Å². The number of carbonyl (C=O) groups excluding carboxylic acids is 1. The summed E-state index contributed by atoms with van der Waals surface area (Å²) in [6.45, 7) is 2.48.